The summed E-state index contributed by atoms with van der Waals surface area (Å²) >= 11 is 0. The first-order chi connectivity index (χ1) is 15.3. The van der Waals surface area contributed by atoms with Gasteiger partial charge >= 0.3 is 0 Å². The monoisotopic (exact) mass is 455 g/mol. The molecular formula is C25H33N3O3S. The second kappa shape index (κ2) is 9.24. The van der Waals surface area contributed by atoms with Crippen LogP contribution < -0.4 is 4.90 Å². The van der Waals surface area contributed by atoms with Crippen molar-refractivity contribution in [3.05, 3.63) is 59.2 Å². The average molecular weight is 456 g/mol. The van der Waals surface area contributed by atoms with Crippen molar-refractivity contribution in [1.82, 2.24) is 9.21 Å². The van der Waals surface area contributed by atoms with Gasteiger partial charge in [-0.05, 0) is 56.9 Å². The van der Waals surface area contributed by atoms with Crippen molar-refractivity contribution in [2.24, 2.45) is 5.92 Å². The molecule has 1 atom stereocenters. The molecule has 4 rings (SSSR count). The first-order valence-electron chi connectivity index (χ1n) is 11.4. The minimum atomic E-state index is -3.63. The summed E-state index contributed by atoms with van der Waals surface area (Å²) in [7, 11) is -3.63. The lowest BCUT2D eigenvalue weighted by atomic mass is 9.97. The Bertz CT molecular complexity index is 1050. The second-order valence-corrected chi connectivity index (χ2v) is 11.0. The van der Waals surface area contributed by atoms with Gasteiger partial charge in [0.05, 0.1) is 10.8 Å². The molecule has 2 fully saturated rings. The highest BCUT2D eigenvalue weighted by molar-refractivity contribution is 7.89. The van der Waals surface area contributed by atoms with E-state index in [1.165, 1.54) is 9.99 Å². The lowest BCUT2D eigenvalue weighted by Gasteiger charge is -2.39. The second-order valence-electron chi connectivity index (χ2n) is 9.08. The van der Waals surface area contributed by atoms with Crippen molar-refractivity contribution in [2.45, 2.75) is 38.5 Å². The molecule has 172 valence electrons. The number of rotatable bonds is 4. The van der Waals surface area contributed by atoms with Crippen LogP contribution in [0.1, 0.15) is 29.5 Å². The number of amides is 1. The van der Waals surface area contributed by atoms with Crippen LogP contribution in [0.4, 0.5) is 5.69 Å². The number of aryl methyl sites for hydroxylation is 3. The molecule has 1 amide bonds. The number of anilines is 1. The highest BCUT2D eigenvalue weighted by atomic mass is 32.2. The molecule has 0 N–H and O–H groups in total. The highest BCUT2D eigenvalue weighted by Gasteiger charge is 2.37. The van der Waals surface area contributed by atoms with Crippen LogP contribution in [0, 0.1) is 26.7 Å². The van der Waals surface area contributed by atoms with Gasteiger partial charge in [0.1, 0.15) is 0 Å². The van der Waals surface area contributed by atoms with Gasteiger partial charge in [-0.25, -0.2) is 8.42 Å². The number of hydrogen-bond donors (Lipinski definition) is 0. The van der Waals surface area contributed by atoms with E-state index in [0.717, 1.165) is 36.2 Å². The number of nitrogens with zero attached hydrogens (tertiary/aromatic N) is 3. The number of piperazine rings is 1. The summed E-state index contributed by atoms with van der Waals surface area (Å²) in [5, 5.41) is 0. The first kappa shape index (κ1) is 22.8. The molecule has 0 aliphatic carbocycles. The summed E-state index contributed by atoms with van der Waals surface area (Å²) in [5.41, 5.74) is 3.78. The molecule has 2 heterocycles. The molecule has 7 heteroatoms. The number of piperidine rings is 1. The van der Waals surface area contributed by atoms with Crippen molar-refractivity contribution in [3.63, 3.8) is 0 Å². The third-order valence-corrected chi connectivity index (χ3v) is 8.82. The fraction of sp³-hybridized carbons (Fsp3) is 0.480. The van der Waals surface area contributed by atoms with Crippen molar-refractivity contribution < 1.29 is 13.2 Å². The molecule has 0 saturated carbocycles. The van der Waals surface area contributed by atoms with Crippen LogP contribution in [-0.2, 0) is 14.8 Å². The van der Waals surface area contributed by atoms with E-state index in [0.29, 0.717) is 31.0 Å². The lowest BCUT2D eigenvalue weighted by molar-refractivity contribution is -0.137. The minimum Gasteiger partial charge on any atom is -0.368 e. The van der Waals surface area contributed by atoms with Gasteiger partial charge in [-0.1, -0.05) is 35.9 Å². The van der Waals surface area contributed by atoms with Crippen LogP contribution in [0.3, 0.4) is 0 Å². The van der Waals surface area contributed by atoms with Gasteiger partial charge in [0.25, 0.3) is 0 Å². The Morgan fingerprint density at radius 1 is 0.906 bits per heavy atom. The van der Waals surface area contributed by atoms with Crippen molar-refractivity contribution in [1.29, 1.82) is 0 Å². The summed E-state index contributed by atoms with van der Waals surface area (Å²) in [5.74, 6) is -0.178. The van der Waals surface area contributed by atoms with E-state index in [1.54, 1.807) is 0 Å². The lowest BCUT2D eigenvalue weighted by Crippen LogP contribution is -2.53. The molecule has 2 aliphatic rings. The van der Waals surface area contributed by atoms with E-state index < -0.39 is 10.0 Å². The molecular weight excluding hydrogens is 422 g/mol. The van der Waals surface area contributed by atoms with Gasteiger partial charge in [-0.2, -0.15) is 4.31 Å². The number of sulfonamides is 1. The number of hydrogen-bond acceptors (Lipinski definition) is 4. The highest BCUT2D eigenvalue weighted by Crippen LogP contribution is 2.29. The van der Waals surface area contributed by atoms with Crippen molar-refractivity contribution in [2.75, 3.05) is 44.2 Å². The first-order valence-corrected chi connectivity index (χ1v) is 12.9. The van der Waals surface area contributed by atoms with Crippen LogP contribution in [0.2, 0.25) is 0 Å². The predicted molar refractivity (Wildman–Crippen MR) is 127 cm³/mol. The maximum atomic E-state index is 13.5. The topological polar surface area (TPSA) is 60.9 Å². The number of carbonyl (C=O) groups excluding carboxylic acids is 1. The van der Waals surface area contributed by atoms with Gasteiger partial charge in [-0.3, -0.25) is 4.79 Å². The van der Waals surface area contributed by atoms with Crippen LogP contribution in [0.25, 0.3) is 0 Å². The largest absolute Gasteiger partial charge is 0.368 e. The summed E-state index contributed by atoms with van der Waals surface area (Å²) in [6.45, 7) is 9.37. The van der Waals surface area contributed by atoms with Crippen LogP contribution in [0.15, 0.2) is 47.4 Å². The average Bonchev–Trinajstić information content (AvgIpc) is 2.78. The fourth-order valence-corrected chi connectivity index (χ4v) is 7.08. The van der Waals surface area contributed by atoms with E-state index in [2.05, 4.69) is 17.0 Å². The van der Waals surface area contributed by atoms with Gasteiger partial charge in [0.2, 0.25) is 15.9 Å². The van der Waals surface area contributed by atoms with Crippen molar-refractivity contribution in [3.8, 4) is 0 Å². The number of para-hydroxylation sites is 1. The molecule has 2 aliphatic heterocycles. The third-order valence-electron chi connectivity index (χ3n) is 6.65. The van der Waals surface area contributed by atoms with E-state index in [4.69, 9.17) is 0 Å². The maximum Gasteiger partial charge on any atom is 0.243 e. The van der Waals surface area contributed by atoms with E-state index in [1.807, 2.05) is 56.0 Å². The standard InChI is InChI=1S/C25H33N3O3S/c1-19-16-20(2)24(21(3)17-19)32(30,31)28-11-7-8-22(18-28)25(29)27-14-12-26(13-15-27)23-9-5-4-6-10-23/h4-6,9-10,16-17,22H,7-8,11-15,18H2,1-3H3/t22-/m0/s1. The molecule has 0 bridgehead atoms. The molecule has 0 radical (unpaired) electrons. The molecule has 0 aromatic heterocycles. The summed E-state index contributed by atoms with van der Waals surface area (Å²) in [6, 6.07) is 14.1. The van der Waals surface area contributed by atoms with Crippen LogP contribution in [0.5, 0.6) is 0 Å². The Labute approximate surface area is 191 Å². The van der Waals surface area contributed by atoms with E-state index in [9.17, 15) is 13.2 Å². The molecule has 32 heavy (non-hydrogen) atoms. The minimum absolute atomic E-state index is 0.0926. The zero-order chi connectivity index (χ0) is 22.9. The zero-order valence-electron chi connectivity index (χ0n) is 19.3. The summed E-state index contributed by atoms with van der Waals surface area (Å²) in [4.78, 5) is 17.9. The molecule has 2 saturated heterocycles. The summed E-state index contributed by atoms with van der Waals surface area (Å²) < 4.78 is 28.5. The predicted octanol–water partition coefficient (Wildman–Crippen LogP) is 3.36. The van der Waals surface area contributed by atoms with Gasteiger partial charge in [0.15, 0.2) is 0 Å². The van der Waals surface area contributed by atoms with E-state index in [-0.39, 0.29) is 18.4 Å². The van der Waals surface area contributed by atoms with Crippen LogP contribution >= 0.6 is 0 Å². The van der Waals surface area contributed by atoms with Crippen molar-refractivity contribution >= 4 is 21.6 Å². The number of benzene rings is 2. The fourth-order valence-electron chi connectivity index (χ4n) is 5.15. The Kier molecular flexibility index (Phi) is 6.58. The Morgan fingerprint density at radius 2 is 1.53 bits per heavy atom. The van der Waals surface area contributed by atoms with Gasteiger partial charge in [-0.15, -0.1) is 0 Å². The number of carbonyl (C=O) groups is 1. The molecule has 6 nitrogen and oxygen atoms in total. The SMILES string of the molecule is Cc1cc(C)c(S(=O)(=O)N2CCC[C@H](C(=O)N3CCN(c4ccccc4)CC3)C2)c(C)c1. The molecule has 2 aromatic rings. The van der Waals surface area contributed by atoms with Gasteiger partial charge in [0, 0.05) is 45.0 Å². The Hall–Kier alpha value is -2.38. The van der Waals surface area contributed by atoms with E-state index >= 15 is 0 Å². The molecule has 2 aromatic carbocycles. The zero-order valence-corrected chi connectivity index (χ0v) is 20.1. The normalized spacial score (nSPS) is 20.4. The Balaban J connectivity index is 1.43. The third kappa shape index (κ3) is 4.55. The van der Waals surface area contributed by atoms with Crippen LogP contribution in [-0.4, -0.2) is 62.8 Å². The molecule has 0 spiro atoms. The molecule has 0 unspecified atom stereocenters. The van der Waals surface area contributed by atoms with Gasteiger partial charge < -0.3 is 9.80 Å². The Morgan fingerprint density at radius 3 is 2.16 bits per heavy atom. The summed E-state index contributed by atoms with van der Waals surface area (Å²) in [6.07, 6.45) is 1.46. The maximum absolute atomic E-state index is 13.5. The quantitative estimate of drug-likeness (QED) is 0.709. The smallest absolute Gasteiger partial charge is 0.243 e.